The molecule has 1 amide bonds. The number of ether oxygens (including phenoxy) is 2. The fraction of sp³-hybridized carbons (Fsp3) is 0.345. The van der Waals surface area contributed by atoms with E-state index in [0.29, 0.717) is 31.3 Å². The molecule has 200 valence electrons. The molecule has 0 aromatic heterocycles. The maximum absolute atomic E-state index is 12.8. The van der Waals surface area contributed by atoms with Crippen molar-refractivity contribution in [2.24, 2.45) is 11.1 Å². The first-order chi connectivity index (χ1) is 18.5. The fourth-order valence-corrected chi connectivity index (χ4v) is 5.35. The molecular weight excluding hydrogens is 504 g/mol. The van der Waals surface area contributed by atoms with E-state index in [0.717, 1.165) is 33.8 Å². The zero-order valence-corrected chi connectivity index (χ0v) is 22.4. The second-order valence-electron chi connectivity index (χ2n) is 8.87. The van der Waals surface area contributed by atoms with Gasteiger partial charge in [-0.15, -0.1) is 11.8 Å². The summed E-state index contributed by atoms with van der Waals surface area (Å²) >= 11 is 1.55. The number of benzene rings is 2. The van der Waals surface area contributed by atoms with Crippen molar-refractivity contribution in [2.75, 3.05) is 37.5 Å². The number of aliphatic carboxylic acids is 1. The number of nitrogens with zero attached hydrogens (tertiary/aromatic N) is 2. The van der Waals surface area contributed by atoms with Gasteiger partial charge in [-0.2, -0.15) is 0 Å². The van der Waals surface area contributed by atoms with Crippen LogP contribution in [0, 0.1) is 5.92 Å². The largest absolute Gasteiger partial charge is 0.492 e. The van der Waals surface area contributed by atoms with Crippen LogP contribution in [0.25, 0.3) is 0 Å². The highest BCUT2D eigenvalue weighted by atomic mass is 32.2. The van der Waals surface area contributed by atoms with Crippen molar-refractivity contribution in [2.45, 2.75) is 30.8 Å². The first kappa shape index (κ1) is 27.5. The SMILES string of the molecule is CCOC(Cc1ccc(OCCN2C(=O)CSc3ccc(CC4C=CC=CC4=NOC)cc32)cc1)C(=O)O. The quantitative estimate of drug-likeness (QED) is 0.398. The van der Waals surface area contributed by atoms with Gasteiger partial charge < -0.3 is 24.3 Å². The van der Waals surface area contributed by atoms with E-state index in [1.165, 1.54) is 0 Å². The first-order valence-electron chi connectivity index (χ1n) is 12.6. The minimum absolute atomic E-state index is 0.0522. The molecule has 0 radical (unpaired) electrons. The molecule has 2 aromatic rings. The van der Waals surface area contributed by atoms with Crippen LogP contribution in [-0.2, 0) is 32.0 Å². The van der Waals surface area contributed by atoms with E-state index in [9.17, 15) is 14.7 Å². The summed E-state index contributed by atoms with van der Waals surface area (Å²) in [5.74, 6) is 0.231. The lowest BCUT2D eigenvalue weighted by Gasteiger charge is -2.29. The number of carboxylic acid groups (broad SMARTS) is 1. The van der Waals surface area contributed by atoms with Gasteiger partial charge in [0.1, 0.15) is 19.5 Å². The molecule has 4 rings (SSSR count). The van der Waals surface area contributed by atoms with Crippen molar-refractivity contribution in [1.29, 1.82) is 0 Å². The Morgan fingerprint density at radius 3 is 2.71 bits per heavy atom. The van der Waals surface area contributed by atoms with Crippen molar-refractivity contribution in [1.82, 2.24) is 0 Å². The lowest BCUT2D eigenvalue weighted by atomic mass is 9.91. The van der Waals surface area contributed by atoms with E-state index in [-0.39, 0.29) is 18.2 Å². The average Bonchev–Trinajstić information content (AvgIpc) is 2.92. The molecule has 0 saturated carbocycles. The van der Waals surface area contributed by atoms with Gasteiger partial charge in [-0.3, -0.25) is 4.79 Å². The fourth-order valence-electron chi connectivity index (χ4n) is 4.43. The summed E-state index contributed by atoms with van der Waals surface area (Å²) < 4.78 is 11.2. The molecule has 0 saturated heterocycles. The number of hydrogen-bond acceptors (Lipinski definition) is 7. The van der Waals surface area contributed by atoms with Gasteiger partial charge in [-0.05, 0) is 54.8 Å². The predicted octanol–water partition coefficient (Wildman–Crippen LogP) is 4.52. The Morgan fingerprint density at radius 2 is 1.97 bits per heavy atom. The summed E-state index contributed by atoms with van der Waals surface area (Å²) in [6, 6.07) is 13.6. The van der Waals surface area contributed by atoms with E-state index in [2.05, 4.69) is 29.4 Å². The number of carboxylic acids is 1. The number of rotatable bonds is 12. The number of carbonyl (C=O) groups is 2. The molecule has 2 atom stereocenters. The highest BCUT2D eigenvalue weighted by molar-refractivity contribution is 8.00. The Morgan fingerprint density at radius 1 is 1.18 bits per heavy atom. The van der Waals surface area contributed by atoms with Gasteiger partial charge in [0.2, 0.25) is 5.91 Å². The predicted molar refractivity (Wildman–Crippen MR) is 148 cm³/mol. The maximum Gasteiger partial charge on any atom is 0.333 e. The van der Waals surface area contributed by atoms with Gasteiger partial charge in [0, 0.05) is 23.8 Å². The lowest BCUT2D eigenvalue weighted by molar-refractivity contribution is -0.149. The van der Waals surface area contributed by atoms with E-state index in [4.69, 9.17) is 14.3 Å². The van der Waals surface area contributed by atoms with E-state index in [1.54, 1.807) is 30.7 Å². The van der Waals surface area contributed by atoms with Crippen LogP contribution in [-0.4, -0.2) is 61.4 Å². The van der Waals surface area contributed by atoms with Crippen LogP contribution in [0.15, 0.2) is 76.8 Å². The Labute approximate surface area is 226 Å². The minimum atomic E-state index is -0.976. The van der Waals surface area contributed by atoms with Crippen molar-refractivity contribution < 1.29 is 29.0 Å². The average molecular weight is 537 g/mol. The van der Waals surface area contributed by atoms with Crippen LogP contribution in [0.4, 0.5) is 5.69 Å². The smallest absolute Gasteiger partial charge is 0.333 e. The number of fused-ring (bicyclic) bond motifs is 1. The van der Waals surface area contributed by atoms with E-state index < -0.39 is 12.1 Å². The second-order valence-corrected chi connectivity index (χ2v) is 9.89. The van der Waals surface area contributed by atoms with Crippen molar-refractivity contribution in [3.8, 4) is 5.75 Å². The molecule has 0 spiro atoms. The molecule has 0 fully saturated rings. The number of amides is 1. The lowest BCUT2D eigenvalue weighted by Crippen LogP contribution is -2.38. The summed E-state index contributed by atoms with van der Waals surface area (Å²) in [6.45, 7) is 2.87. The molecule has 38 heavy (non-hydrogen) atoms. The van der Waals surface area contributed by atoms with Gasteiger partial charge in [-0.1, -0.05) is 41.6 Å². The molecule has 2 unspecified atom stereocenters. The highest BCUT2D eigenvalue weighted by Gasteiger charge is 2.26. The van der Waals surface area contributed by atoms with E-state index in [1.807, 2.05) is 42.5 Å². The molecule has 2 aromatic carbocycles. The second kappa shape index (κ2) is 13.3. The Bertz CT molecular complexity index is 1220. The Kier molecular flexibility index (Phi) is 9.62. The Hall–Kier alpha value is -3.56. The zero-order valence-electron chi connectivity index (χ0n) is 21.5. The van der Waals surface area contributed by atoms with Crippen LogP contribution in [0.1, 0.15) is 18.1 Å². The third-order valence-electron chi connectivity index (χ3n) is 6.29. The number of carbonyl (C=O) groups excluding carboxylic acids is 1. The van der Waals surface area contributed by atoms with Crippen molar-refractivity contribution in [3.63, 3.8) is 0 Å². The molecule has 1 N–H and O–H groups in total. The Balaban J connectivity index is 1.38. The summed E-state index contributed by atoms with van der Waals surface area (Å²) in [5, 5.41) is 13.4. The van der Waals surface area contributed by atoms with Crippen LogP contribution >= 0.6 is 11.8 Å². The third kappa shape index (κ3) is 7.05. The number of allylic oxidation sites excluding steroid dienone is 4. The molecule has 0 bridgehead atoms. The summed E-state index contributed by atoms with van der Waals surface area (Å²) in [4.78, 5) is 32.0. The number of anilines is 1. The zero-order chi connectivity index (χ0) is 26.9. The van der Waals surface area contributed by atoms with Crippen molar-refractivity contribution >= 4 is 35.0 Å². The van der Waals surface area contributed by atoms with Gasteiger partial charge in [0.05, 0.1) is 23.7 Å². The van der Waals surface area contributed by atoms with Crippen LogP contribution in [0.5, 0.6) is 5.75 Å². The highest BCUT2D eigenvalue weighted by Crippen LogP contribution is 2.36. The van der Waals surface area contributed by atoms with Crippen LogP contribution in [0.2, 0.25) is 0 Å². The number of thioether (sulfide) groups is 1. The van der Waals surface area contributed by atoms with Gasteiger partial charge in [0.25, 0.3) is 0 Å². The van der Waals surface area contributed by atoms with Gasteiger partial charge >= 0.3 is 5.97 Å². The number of oxime groups is 1. The molecule has 8 nitrogen and oxygen atoms in total. The molecule has 9 heteroatoms. The molecule has 1 aliphatic carbocycles. The topological polar surface area (TPSA) is 97.7 Å². The normalized spacial score (nSPS) is 18.4. The van der Waals surface area contributed by atoms with Crippen LogP contribution < -0.4 is 9.64 Å². The number of hydrogen-bond donors (Lipinski definition) is 1. The minimum Gasteiger partial charge on any atom is -0.492 e. The summed E-state index contributed by atoms with van der Waals surface area (Å²) in [5.41, 5.74) is 3.73. The van der Waals surface area contributed by atoms with Crippen LogP contribution in [0.3, 0.4) is 0 Å². The van der Waals surface area contributed by atoms with Gasteiger partial charge in [0.15, 0.2) is 6.10 Å². The molecule has 1 heterocycles. The van der Waals surface area contributed by atoms with Crippen molar-refractivity contribution in [3.05, 3.63) is 77.9 Å². The summed E-state index contributed by atoms with van der Waals surface area (Å²) in [6.07, 6.45) is 8.17. The standard InChI is InChI=1S/C29H32N2O6S/c1-3-36-26(29(33)34)18-20-8-11-23(12-9-20)37-15-14-31-25-17-21(10-13-27(25)38-19-28(31)32)16-22-6-4-5-7-24(22)30-35-2/h4-13,17,22,26H,3,14-16,18-19H2,1-2H3,(H,33,34). The molecular formula is C29H32N2O6S. The summed E-state index contributed by atoms with van der Waals surface area (Å²) in [7, 11) is 1.55. The monoisotopic (exact) mass is 536 g/mol. The van der Waals surface area contributed by atoms with Gasteiger partial charge in [-0.25, -0.2) is 4.79 Å². The third-order valence-corrected chi connectivity index (χ3v) is 7.34. The maximum atomic E-state index is 12.8. The molecule has 1 aliphatic heterocycles. The molecule has 2 aliphatic rings. The first-order valence-corrected chi connectivity index (χ1v) is 13.5. The van der Waals surface area contributed by atoms with E-state index >= 15 is 0 Å².